The second kappa shape index (κ2) is 10.0. The van der Waals surface area contributed by atoms with Gasteiger partial charge in [0.05, 0.1) is 20.0 Å². The number of carbonyl (C=O) groups excluding carboxylic acids is 2. The molecular weight excluding hydrogens is 402 g/mol. The average molecular weight is 426 g/mol. The van der Waals surface area contributed by atoms with Crippen LogP contribution >= 0.6 is 11.8 Å². The van der Waals surface area contributed by atoms with Crippen molar-refractivity contribution >= 4 is 40.1 Å². The van der Waals surface area contributed by atoms with Gasteiger partial charge in [0.15, 0.2) is 17.6 Å². The Labute approximate surface area is 179 Å². The highest BCUT2D eigenvalue weighted by atomic mass is 32.2. The lowest BCUT2D eigenvalue weighted by atomic mass is 10.1. The van der Waals surface area contributed by atoms with Crippen LogP contribution in [0.1, 0.15) is 6.92 Å². The molecule has 0 aliphatic rings. The minimum atomic E-state index is -0.928. The van der Waals surface area contributed by atoms with E-state index in [1.54, 1.807) is 18.2 Å². The number of anilines is 1. The maximum Gasteiger partial charge on any atom is 0.317 e. The number of hydrogen-bond donors (Lipinski definition) is 1. The van der Waals surface area contributed by atoms with Gasteiger partial charge in [-0.1, -0.05) is 30.3 Å². The van der Waals surface area contributed by atoms with E-state index in [0.717, 1.165) is 15.7 Å². The summed E-state index contributed by atoms with van der Waals surface area (Å²) in [5.41, 5.74) is 0.520. The molecule has 30 heavy (non-hydrogen) atoms. The molecule has 1 unspecified atom stereocenters. The first-order valence-electron chi connectivity index (χ1n) is 9.34. The molecule has 3 rings (SSSR count). The van der Waals surface area contributed by atoms with Crippen LogP contribution in [-0.2, 0) is 14.3 Å². The zero-order valence-corrected chi connectivity index (χ0v) is 17.8. The monoisotopic (exact) mass is 425 g/mol. The highest BCUT2D eigenvalue weighted by Gasteiger charge is 2.19. The molecule has 1 atom stereocenters. The highest BCUT2D eigenvalue weighted by molar-refractivity contribution is 8.00. The van der Waals surface area contributed by atoms with Crippen LogP contribution in [0.15, 0.2) is 65.6 Å². The number of fused-ring (bicyclic) bond motifs is 1. The van der Waals surface area contributed by atoms with E-state index in [1.165, 1.54) is 32.9 Å². The fourth-order valence-electron chi connectivity index (χ4n) is 2.84. The largest absolute Gasteiger partial charge is 0.493 e. The van der Waals surface area contributed by atoms with Gasteiger partial charge in [0.25, 0.3) is 5.91 Å². The zero-order chi connectivity index (χ0) is 21.5. The summed E-state index contributed by atoms with van der Waals surface area (Å²) in [6.07, 6.45) is -0.928. The van der Waals surface area contributed by atoms with Gasteiger partial charge in [0.1, 0.15) is 0 Å². The molecule has 0 aromatic heterocycles. The van der Waals surface area contributed by atoms with Gasteiger partial charge in [0, 0.05) is 16.6 Å². The predicted octanol–water partition coefficient (Wildman–Crippen LogP) is 4.52. The van der Waals surface area contributed by atoms with E-state index in [2.05, 4.69) is 5.32 Å². The Balaban J connectivity index is 1.52. The van der Waals surface area contributed by atoms with E-state index in [0.29, 0.717) is 17.2 Å². The molecule has 7 heteroatoms. The third-order valence-electron chi connectivity index (χ3n) is 4.41. The molecular formula is C23H23NO5S. The van der Waals surface area contributed by atoms with Crippen molar-refractivity contribution in [2.24, 2.45) is 0 Å². The van der Waals surface area contributed by atoms with E-state index >= 15 is 0 Å². The molecule has 1 N–H and O–H groups in total. The van der Waals surface area contributed by atoms with Crippen molar-refractivity contribution < 1.29 is 23.8 Å². The van der Waals surface area contributed by atoms with Crippen molar-refractivity contribution in [3.8, 4) is 11.5 Å². The van der Waals surface area contributed by atoms with Crippen LogP contribution < -0.4 is 14.8 Å². The molecule has 0 heterocycles. The number of carbonyl (C=O) groups is 2. The van der Waals surface area contributed by atoms with Crippen LogP contribution in [0.3, 0.4) is 0 Å². The Bertz CT molecular complexity index is 1050. The van der Waals surface area contributed by atoms with E-state index in [4.69, 9.17) is 14.2 Å². The van der Waals surface area contributed by atoms with Crippen molar-refractivity contribution in [2.75, 3.05) is 25.3 Å². The molecule has 1 amide bonds. The van der Waals surface area contributed by atoms with Crippen molar-refractivity contribution in [3.63, 3.8) is 0 Å². The second-order valence-corrected chi connectivity index (χ2v) is 7.54. The molecule has 0 saturated heterocycles. The summed E-state index contributed by atoms with van der Waals surface area (Å²) in [4.78, 5) is 25.5. The van der Waals surface area contributed by atoms with E-state index < -0.39 is 18.0 Å². The summed E-state index contributed by atoms with van der Waals surface area (Å²) in [5, 5.41) is 4.96. The minimum absolute atomic E-state index is 0.117. The number of hydrogen-bond acceptors (Lipinski definition) is 6. The maximum absolute atomic E-state index is 12.4. The molecule has 3 aromatic rings. The number of benzene rings is 3. The van der Waals surface area contributed by atoms with Crippen LogP contribution in [0.5, 0.6) is 11.5 Å². The fourth-order valence-corrected chi connectivity index (χ4v) is 3.57. The third kappa shape index (κ3) is 5.45. The average Bonchev–Trinajstić information content (AvgIpc) is 2.77. The van der Waals surface area contributed by atoms with Crippen LogP contribution in [0, 0.1) is 0 Å². The molecule has 0 aliphatic heterocycles. The van der Waals surface area contributed by atoms with Crippen molar-refractivity contribution in [1.29, 1.82) is 0 Å². The molecule has 0 bridgehead atoms. The van der Waals surface area contributed by atoms with Gasteiger partial charge in [-0.2, -0.15) is 0 Å². The van der Waals surface area contributed by atoms with Crippen LogP contribution in [0.2, 0.25) is 0 Å². The minimum Gasteiger partial charge on any atom is -0.493 e. The number of esters is 1. The summed E-state index contributed by atoms with van der Waals surface area (Å²) in [5.74, 6) is 0.286. The summed E-state index contributed by atoms with van der Waals surface area (Å²) < 4.78 is 15.7. The van der Waals surface area contributed by atoms with Gasteiger partial charge in [0.2, 0.25) is 0 Å². The topological polar surface area (TPSA) is 73.9 Å². The number of amides is 1. The van der Waals surface area contributed by atoms with E-state index in [1.807, 2.05) is 42.5 Å². The van der Waals surface area contributed by atoms with Crippen LogP contribution in [0.4, 0.5) is 5.69 Å². The lowest BCUT2D eigenvalue weighted by Crippen LogP contribution is -2.30. The molecule has 0 radical (unpaired) electrons. The first kappa shape index (κ1) is 21.5. The summed E-state index contributed by atoms with van der Waals surface area (Å²) in [7, 11) is 3.05. The maximum atomic E-state index is 12.4. The lowest BCUT2D eigenvalue weighted by molar-refractivity contribution is -0.150. The van der Waals surface area contributed by atoms with Crippen LogP contribution in [0.25, 0.3) is 10.8 Å². The Morgan fingerprint density at radius 2 is 1.67 bits per heavy atom. The van der Waals surface area contributed by atoms with Crippen LogP contribution in [-0.4, -0.2) is 38.0 Å². The smallest absolute Gasteiger partial charge is 0.317 e. The molecule has 0 saturated carbocycles. The fraction of sp³-hybridized carbons (Fsp3) is 0.217. The quantitative estimate of drug-likeness (QED) is 0.423. The van der Waals surface area contributed by atoms with Gasteiger partial charge in [-0.15, -0.1) is 11.8 Å². The number of ether oxygens (including phenoxy) is 3. The van der Waals surface area contributed by atoms with Gasteiger partial charge in [-0.3, -0.25) is 9.59 Å². The Hall–Kier alpha value is -3.19. The standard InChI is InChI=1S/C23H23NO5S/c1-15(23(26)24-18-9-11-20(27-2)21(13-18)28-3)29-22(25)14-30-19-10-8-16-6-4-5-7-17(16)12-19/h4-13,15H,14H2,1-3H3,(H,24,26). The molecule has 156 valence electrons. The normalized spacial score (nSPS) is 11.6. The van der Waals surface area contributed by atoms with Crippen molar-refractivity contribution in [2.45, 2.75) is 17.9 Å². The highest BCUT2D eigenvalue weighted by Crippen LogP contribution is 2.30. The lowest BCUT2D eigenvalue weighted by Gasteiger charge is -2.15. The van der Waals surface area contributed by atoms with Gasteiger partial charge < -0.3 is 19.5 Å². The number of methoxy groups -OCH3 is 2. The summed E-state index contributed by atoms with van der Waals surface area (Å²) in [6.45, 7) is 1.54. The third-order valence-corrected chi connectivity index (χ3v) is 5.37. The summed E-state index contributed by atoms with van der Waals surface area (Å²) in [6, 6.07) is 19.0. The molecule has 6 nitrogen and oxygen atoms in total. The predicted molar refractivity (Wildman–Crippen MR) is 118 cm³/mol. The SMILES string of the molecule is COc1ccc(NC(=O)C(C)OC(=O)CSc2ccc3ccccc3c2)cc1OC. The van der Waals surface area contributed by atoms with Gasteiger partial charge >= 0.3 is 5.97 Å². The Morgan fingerprint density at radius 3 is 2.40 bits per heavy atom. The second-order valence-electron chi connectivity index (χ2n) is 6.49. The Kier molecular flexibility index (Phi) is 7.19. The van der Waals surface area contributed by atoms with E-state index in [-0.39, 0.29) is 5.75 Å². The Morgan fingerprint density at radius 1 is 0.933 bits per heavy atom. The van der Waals surface area contributed by atoms with Crippen molar-refractivity contribution in [3.05, 3.63) is 60.7 Å². The van der Waals surface area contributed by atoms with E-state index in [9.17, 15) is 9.59 Å². The zero-order valence-electron chi connectivity index (χ0n) is 17.0. The first-order valence-corrected chi connectivity index (χ1v) is 10.3. The van der Waals surface area contributed by atoms with Crippen molar-refractivity contribution in [1.82, 2.24) is 0 Å². The number of nitrogens with one attached hydrogen (secondary N) is 1. The molecule has 0 spiro atoms. The molecule has 0 fully saturated rings. The first-order chi connectivity index (χ1) is 14.5. The number of rotatable bonds is 8. The molecule has 0 aliphatic carbocycles. The number of thioether (sulfide) groups is 1. The summed E-state index contributed by atoms with van der Waals surface area (Å²) >= 11 is 1.37. The molecule has 3 aromatic carbocycles. The van der Waals surface area contributed by atoms with Gasteiger partial charge in [-0.25, -0.2) is 0 Å². The van der Waals surface area contributed by atoms with Gasteiger partial charge in [-0.05, 0) is 42.0 Å².